The smallest absolute Gasteiger partial charge is 0.321 e. The average molecular weight is 336 g/mol. The van der Waals surface area contributed by atoms with Gasteiger partial charge in [-0.1, -0.05) is 25.7 Å². The Kier molecular flexibility index (Phi) is 5.74. The van der Waals surface area contributed by atoms with Gasteiger partial charge in [0.25, 0.3) is 5.91 Å². The number of amides is 3. The summed E-state index contributed by atoms with van der Waals surface area (Å²) in [6.45, 7) is -0.377. The molecular weight excluding hydrogens is 308 g/mol. The minimum atomic E-state index is -0.565. The van der Waals surface area contributed by atoms with E-state index < -0.39 is 11.9 Å². The predicted molar refractivity (Wildman–Crippen MR) is 88.1 cm³/mol. The third-order valence-electron chi connectivity index (χ3n) is 5.87. The molecule has 134 valence electrons. The minimum Gasteiger partial charge on any atom is -0.456 e. The Morgan fingerprint density at radius 1 is 0.958 bits per heavy atom. The van der Waals surface area contributed by atoms with Gasteiger partial charge < -0.3 is 10.1 Å². The Balaban J connectivity index is 1.30. The molecule has 3 rings (SSSR count). The summed E-state index contributed by atoms with van der Waals surface area (Å²) < 4.78 is 5.03. The predicted octanol–water partition coefficient (Wildman–Crippen LogP) is 2.51. The van der Waals surface area contributed by atoms with E-state index in [-0.39, 0.29) is 18.6 Å². The van der Waals surface area contributed by atoms with Crippen molar-refractivity contribution in [2.24, 2.45) is 17.8 Å². The SMILES string of the molecule is O=C(COC(=O)C[C@H]1C[C@@H]2CC[C@H]1C2)NC(=O)NC1CCCCC1. The lowest BCUT2D eigenvalue weighted by Crippen LogP contribution is -2.46. The highest BCUT2D eigenvalue weighted by Crippen LogP contribution is 2.49. The monoisotopic (exact) mass is 336 g/mol. The van der Waals surface area contributed by atoms with Crippen LogP contribution in [0.3, 0.4) is 0 Å². The van der Waals surface area contributed by atoms with Crippen LogP contribution >= 0.6 is 0 Å². The number of imide groups is 1. The maximum atomic E-state index is 11.9. The zero-order chi connectivity index (χ0) is 16.9. The van der Waals surface area contributed by atoms with Crippen molar-refractivity contribution >= 4 is 17.9 Å². The third kappa shape index (κ3) is 4.71. The van der Waals surface area contributed by atoms with Gasteiger partial charge in [0.15, 0.2) is 6.61 Å². The van der Waals surface area contributed by atoms with E-state index >= 15 is 0 Å². The highest BCUT2D eigenvalue weighted by Gasteiger charge is 2.40. The molecule has 3 aliphatic carbocycles. The van der Waals surface area contributed by atoms with Crippen molar-refractivity contribution in [1.29, 1.82) is 0 Å². The molecule has 0 radical (unpaired) electrons. The number of ether oxygens (including phenoxy) is 1. The van der Waals surface area contributed by atoms with Gasteiger partial charge in [-0.25, -0.2) is 4.79 Å². The van der Waals surface area contributed by atoms with Gasteiger partial charge in [0.05, 0.1) is 0 Å². The lowest BCUT2D eigenvalue weighted by Gasteiger charge is -2.22. The lowest BCUT2D eigenvalue weighted by molar-refractivity contribution is -0.149. The molecule has 6 heteroatoms. The molecule has 3 amide bonds. The first-order valence-electron chi connectivity index (χ1n) is 9.36. The van der Waals surface area contributed by atoms with Crippen LogP contribution in [0.2, 0.25) is 0 Å². The molecule has 24 heavy (non-hydrogen) atoms. The molecular formula is C18H28N2O4. The molecule has 3 fully saturated rings. The van der Waals surface area contributed by atoms with Gasteiger partial charge in [0, 0.05) is 12.5 Å². The van der Waals surface area contributed by atoms with Crippen molar-refractivity contribution in [3.8, 4) is 0 Å². The summed E-state index contributed by atoms with van der Waals surface area (Å²) >= 11 is 0. The Labute approximate surface area is 143 Å². The maximum Gasteiger partial charge on any atom is 0.321 e. The van der Waals surface area contributed by atoms with Gasteiger partial charge >= 0.3 is 12.0 Å². The number of hydrogen-bond acceptors (Lipinski definition) is 4. The standard InChI is InChI=1S/C18H28N2O4/c21-16(20-18(23)19-15-4-2-1-3-5-15)11-24-17(22)10-14-9-12-6-7-13(14)8-12/h12-15H,1-11H2,(H2,19,20,21,23)/t12-,13+,14-/m1/s1. The van der Waals surface area contributed by atoms with E-state index in [0.717, 1.165) is 38.0 Å². The first-order valence-corrected chi connectivity index (χ1v) is 9.36. The molecule has 0 spiro atoms. The summed E-state index contributed by atoms with van der Waals surface area (Å²) in [5, 5.41) is 5.04. The van der Waals surface area contributed by atoms with Gasteiger partial charge in [0.1, 0.15) is 0 Å². The molecule has 3 aliphatic rings. The van der Waals surface area contributed by atoms with Crippen LogP contribution in [0.4, 0.5) is 4.79 Å². The molecule has 2 N–H and O–H groups in total. The Morgan fingerprint density at radius 2 is 1.75 bits per heavy atom. The van der Waals surface area contributed by atoms with E-state index in [9.17, 15) is 14.4 Å². The number of fused-ring (bicyclic) bond motifs is 2. The van der Waals surface area contributed by atoms with Gasteiger partial charge in [0.2, 0.25) is 0 Å². The van der Waals surface area contributed by atoms with E-state index in [1.165, 1.54) is 25.7 Å². The molecule has 0 saturated heterocycles. The third-order valence-corrected chi connectivity index (χ3v) is 5.87. The fraction of sp³-hybridized carbons (Fsp3) is 0.833. The van der Waals surface area contributed by atoms with Crippen LogP contribution in [0.1, 0.15) is 64.2 Å². The van der Waals surface area contributed by atoms with E-state index in [2.05, 4.69) is 10.6 Å². The van der Waals surface area contributed by atoms with Crippen molar-refractivity contribution in [3.63, 3.8) is 0 Å². The van der Waals surface area contributed by atoms with Crippen LogP contribution in [0.5, 0.6) is 0 Å². The lowest BCUT2D eigenvalue weighted by atomic mass is 9.86. The summed E-state index contributed by atoms with van der Waals surface area (Å²) in [6.07, 6.45) is 10.6. The summed E-state index contributed by atoms with van der Waals surface area (Å²) in [5.74, 6) is 0.992. The minimum absolute atomic E-state index is 0.145. The highest BCUT2D eigenvalue weighted by atomic mass is 16.5. The Bertz CT molecular complexity index is 487. The van der Waals surface area contributed by atoms with Crippen LogP contribution in [0.15, 0.2) is 0 Å². The second-order valence-corrected chi connectivity index (χ2v) is 7.66. The van der Waals surface area contributed by atoms with E-state index in [4.69, 9.17) is 4.74 Å². The molecule has 0 aromatic carbocycles. The first kappa shape index (κ1) is 17.2. The second-order valence-electron chi connectivity index (χ2n) is 7.66. The van der Waals surface area contributed by atoms with E-state index in [1.54, 1.807) is 0 Å². The molecule has 0 heterocycles. The van der Waals surface area contributed by atoms with E-state index in [1.807, 2.05) is 0 Å². The normalized spacial score (nSPS) is 29.2. The van der Waals surface area contributed by atoms with Crippen LogP contribution < -0.4 is 10.6 Å². The van der Waals surface area contributed by atoms with Crippen LogP contribution in [0.25, 0.3) is 0 Å². The van der Waals surface area contributed by atoms with Crippen LogP contribution in [-0.2, 0) is 14.3 Å². The molecule has 2 bridgehead atoms. The van der Waals surface area contributed by atoms with Crippen molar-refractivity contribution in [2.75, 3.05) is 6.61 Å². The first-order chi connectivity index (χ1) is 11.6. The zero-order valence-electron chi connectivity index (χ0n) is 14.2. The second kappa shape index (κ2) is 7.99. The molecule has 3 atom stereocenters. The molecule has 3 saturated carbocycles. The Hall–Kier alpha value is -1.59. The van der Waals surface area contributed by atoms with Gasteiger partial charge in [-0.15, -0.1) is 0 Å². The van der Waals surface area contributed by atoms with Crippen molar-refractivity contribution in [2.45, 2.75) is 70.3 Å². The highest BCUT2D eigenvalue weighted by molar-refractivity contribution is 5.95. The van der Waals surface area contributed by atoms with Crippen LogP contribution in [0, 0.1) is 17.8 Å². The quantitative estimate of drug-likeness (QED) is 0.756. The number of nitrogens with one attached hydrogen (secondary N) is 2. The van der Waals surface area contributed by atoms with Crippen molar-refractivity contribution in [3.05, 3.63) is 0 Å². The number of rotatable bonds is 5. The van der Waals surface area contributed by atoms with Crippen molar-refractivity contribution in [1.82, 2.24) is 10.6 Å². The summed E-state index contributed by atoms with van der Waals surface area (Å²) in [5.41, 5.74) is 0. The van der Waals surface area contributed by atoms with E-state index in [0.29, 0.717) is 18.3 Å². The largest absolute Gasteiger partial charge is 0.456 e. The van der Waals surface area contributed by atoms with Gasteiger partial charge in [-0.2, -0.15) is 0 Å². The number of carbonyl (C=O) groups is 3. The number of carbonyl (C=O) groups excluding carboxylic acids is 3. The molecule has 6 nitrogen and oxygen atoms in total. The average Bonchev–Trinajstić information content (AvgIpc) is 3.16. The van der Waals surface area contributed by atoms with Crippen LogP contribution in [-0.4, -0.2) is 30.6 Å². The topological polar surface area (TPSA) is 84.5 Å². The fourth-order valence-corrected chi connectivity index (χ4v) is 4.68. The van der Waals surface area contributed by atoms with Gasteiger partial charge in [-0.3, -0.25) is 14.9 Å². The Morgan fingerprint density at radius 3 is 2.42 bits per heavy atom. The molecule has 0 aliphatic heterocycles. The summed E-state index contributed by atoms with van der Waals surface area (Å²) in [6, 6.07) is -0.344. The van der Waals surface area contributed by atoms with Crippen molar-refractivity contribution < 1.29 is 19.1 Å². The summed E-state index contributed by atoms with van der Waals surface area (Å²) in [4.78, 5) is 35.3. The molecule has 0 unspecified atom stereocenters. The maximum absolute atomic E-state index is 11.9. The van der Waals surface area contributed by atoms with Gasteiger partial charge in [-0.05, 0) is 49.9 Å². The zero-order valence-corrected chi connectivity index (χ0v) is 14.2. The number of esters is 1. The molecule has 0 aromatic heterocycles. The number of hydrogen-bond donors (Lipinski definition) is 2. The molecule has 0 aromatic rings. The number of urea groups is 1. The fourth-order valence-electron chi connectivity index (χ4n) is 4.68. The summed E-state index contributed by atoms with van der Waals surface area (Å²) in [7, 11) is 0.